The number of hydrogen-bond donors (Lipinski definition) is 0. The Kier molecular flexibility index (Phi) is 4.91. The van der Waals surface area contributed by atoms with Crippen LogP contribution in [0.2, 0.25) is 5.31 Å². The van der Waals surface area contributed by atoms with Crippen LogP contribution in [0.25, 0.3) is 0 Å². The molecule has 2 radical (unpaired) electrons. The molecule has 2 nitrogen and oxygen atoms in total. The maximum Gasteiger partial charge on any atom is 0.0747 e. The van der Waals surface area contributed by atoms with Crippen molar-refractivity contribution in [3.8, 4) is 0 Å². The molecule has 1 heterocycles. The van der Waals surface area contributed by atoms with E-state index in [9.17, 15) is 0 Å². The van der Waals surface area contributed by atoms with E-state index in [1.165, 1.54) is 32.1 Å². The number of rotatable bonds is 5. The molecule has 0 spiro atoms. The van der Waals surface area contributed by atoms with Gasteiger partial charge in [0.1, 0.15) is 0 Å². The Morgan fingerprint density at radius 2 is 1.95 bits per heavy atom. The van der Waals surface area contributed by atoms with Gasteiger partial charge in [-0.25, -0.2) is 0 Å². The fourth-order valence-corrected chi connectivity index (χ4v) is 4.75. The third kappa shape index (κ3) is 2.68. The van der Waals surface area contributed by atoms with Crippen molar-refractivity contribution < 1.29 is 4.74 Å². The van der Waals surface area contributed by atoms with Crippen molar-refractivity contribution in [2.45, 2.75) is 89.7 Å². The summed E-state index contributed by atoms with van der Waals surface area (Å²) in [6.07, 6.45) is 6.09. The molecule has 0 aromatic rings. The van der Waals surface area contributed by atoms with Crippen molar-refractivity contribution in [1.82, 2.24) is 4.90 Å². The van der Waals surface area contributed by atoms with Crippen molar-refractivity contribution in [2.24, 2.45) is 5.92 Å². The molecule has 1 saturated heterocycles. The molecule has 0 aromatic heterocycles. The lowest BCUT2D eigenvalue weighted by Gasteiger charge is -2.59. The molecule has 20 heavy (non-hydrogen) atoms. The van der Waals surface area contributed by atoms with Crippen LogP contribution in [0, 0.1) is 5.92 Å². The van der Waals surface area contributed by atoms with Gasteiger partial charge in [-0.2, -0.15) is 0 Å². The normalized spacial score (nSPS) is 37.1. The van der Waals surface area contributed by atoms with E-state index in [0.29, 0.717) is 18.0 Å². The van der Waals surface area contributed by atoms with Gasteiger partial charge in [-0.05, 0) is 32.6 Å². The molecule has 114 valence electrons. The number of nitrogens with zero attached hydrogens (tertiary/aromatic N) is 1. The molecule has 0 aromatic carbocycles. The zero-order valence-electron chi connectivity index (χ0n) is 14.1. The Hall–Kier alpha value is -0.0151. The van der Waals surface area contributed by atoms with Crippen LogP contribution < -0.4 is 0 Å². The van der Waals surface area contributed by atoms with Crippen LogP contribution in [0.15, 0.2) is 0 Å². The average molecular weight is 277 g/mol. The molecule has 0 bridgehead atoms. The van der Waals surface area contributed by atoms with E-state index in [0.717, 1.165) is 13.2 Å². The summed E-state index contributed by atoms with van der Waals surface area (Å²) in [6, 6.07) is 1.18. The van der Waals surface area contributed by atoms with Crippen molar-refractivity contribution in [2.75, 3.05) is 13.2 Å². The zero-order chi connectivity index (χ0) is 15.0. The monoisotopic (exact) mass is 277 g/mol. The molecule has 2 rings (SSSR count). The van der Waals surface area contributed by atoms with E-state index in [4.69, 9.17) is 12.6 Å². The first-order valence-electron chi connectivity index (χ1n) is 8.53. The van der Waals surface area contributed by atoms with Gasteiger partial charge in [0.05, 0.1) is 26.6 Å². The summed E-state index contributed by atoms with van der Waals surface area (Å²) in [5.74, 6) is 0.600. The Bertz CT molecular complexity index is 319. The zero-order valence-corrected chi connectivity index (χ0v) is 14.1. The summed E-state index contributed by atoms with van der Waals surface area (Å²) >= 11 is 0. The summed E-state index contributed by atoms with van der Waals surface area (Å²) in [7, 11) is 6.65. The molecule has 1 aliphatic heterocycles. The van der Waals surface area contributed by atoms with Gasteiger partial charge < -0.3 is 4.74 Å². The Labute approximate surface area is 127 Å². The molecular formula is C17H32BNO. The van der Waals surface area contributed by atoms with Crippen molar-refractivity contribution in [3.05, 3.63) is 0 Å². The Morgan fingerprint density at radius 1 is 1.30 bits per heavy atom. The molecule has 0 N–H and O–H groups in total. The predicted octanol–water partition coefficient (Wildman–Crippen LogP) is 3.80. The second-order valence-electron chi connectivity index (χ2n) is 7.55. The van der Waals surface area contributed by atoms with Gasteiger partial charge in [0.25, 0.3) is 0 Å². The van der Waals surface area contributed by atoms with E-state index < -0.39 is 0 Å². The Balaban J connectivity index is 2.28. The standard InChI is InChI=1S/C17H32BNO/c1-6-14-15(9-8-10-16(14,5)18)19(13(3)4)17(7-2)11-20-12-17/h13-15H,6-12H2,1-5H3. The first-order valence-corrected chi connectivity index (χ1v) is 8.53. The molecule has 1 saturated carbocycles. The first-order chi connectivity index (χ1) is 9.38. The fourth-order valence-electron chi connectivity index (χ4n) is 4.75. The van der Waals surface area contributed by atoms with Gasteiger partial charge in [-0.1, -0.05) is 45.3 Å². The van der Waals surface area contributed by atoms with Crippen LogP contribution in [0.4, 0.5) is 0 Å². The first kappa shape index (κ1) is 16.4. The van der Waals surface area contributed by atoms with E-state index in [2.05, 4.69) is 39.5 Å². The minimum atomic E-state index is -0.00958. The highest BCUT2D eigenvalue weighted by molar-refractivity contribution is 6.15. The van der Waals surface area contributed by atoms with E-state index in [1.807, 2.05) is 0 Å². The molecule has 1 aliphatic carbocycles. The third-order valence-corrected chi connectivity index (χ3v) is 5.83. The Morgan fingerprint density at radius 3 is 2.35 bits per heavy atom. The average Bonchev–Trinajstić information content (AvgIpc) is 2.31. The van der Waals surface area contributed by atoms with Crippen LogP contribution >= 0.6 is 0 Å². The summed E-state index contributed by atoms with van der Waals surface area (Å²) in [4.78, 5) is 2.77. The van der Waals surface area contributed by atoms with Crippen LogP contribution in [-0.4, -0.2) is 43.6 Å². The summed E-state index contributed by atoms with van der Waals surface area (Å²) in [6.45, 7) is 13.4. The van der Waals surface area contributed by atoms with Gasteiger partial charge in [0, 0.05) is 12.1 Å². The third-order valence-electron chi connectivity index (χ3n) is 5.83. The lowest BCUT2D eigenvalue weighted by Crippen LogP contribution is -2.68. The minimum absolute atomic E-state index is 0.00958. The highest BCUT2D eigenvalue weighted by atomic mass is 16.5. The van der Waals surface area contributed by atoms with Gasteiger partial charge >= 0.3 is 0 Å². The van der Waals surface area contributed by atoms with Crippen molar-refractivity contribution in [1.29, 1.82) is 0 Å². The summed E-state index contributed by atoms with van der Waals surface area (Å²) in [5.41, 5.74) is 0.264. The van der Waals surface area contributed by atoms with Crippen LogP contribution in [0.1, 0.15) is 66.7 Å². The second kappa shape index (κ2) is 6.00. The van der Waals surface area contributed by atoms with Gasteiger partial charge in [0.2, 0.25) is 0 Å². The maximum absolute atomic E-state index is 6.65. The largest absolute Gasteiger partial charge is 0.377 e. The molecule has 2 fully saturated rings. The van der Waals surface area contributed by atoms with Crippen LogP contribution in [0.5, 0.6) is 0 Å². The second-order valence-corrected chi connectivity index (χ2v) is 7.55. The minimum Gasteiger partial charge on any atom is -0.377 e. The van der Waals surface area contributed by atoms with Gasteiger partial charge in [0.15, 0.2) is 0 Å². The molecule has 0 amide bonds. The highest BCUT2D eigenvalue weighted by Gasteiger charge is 2.50. The predicted molar refractivity (Wildman–Crippen MR) is 86.4 cm³/mol. The highest BCUT2D eigenvalue weighted by Crippen LogP contribution is 2.50. The topological polar surface area (TPSA) is 12.5 Å². The molecule has 3 atom stereocenters. The van der Waals surface area contributed by atoms with E-state index in [-0.39, 0.29) is 10.9 Å². The van der Waals surface area contributed by atoms with Crippen molar-refractivity contribution in [3.63, 3.8) is 0 Å². The van der Waals surface area contributed by atoms with Gasteiger partial charge in [-0.3, -0.25) is 4.90 Å². The lowest BCUT2D eigenvalue weighted by molar-refractivity contribution is -0.178. The molecule has 3 heteroatoms. The van der Waals surface area contributed by atoms with Crippen LogP contribution in [0.3, 0.4) is 0 Å². The van der Waals surface area contributed by atoms with E-state index >= 15 is 0 Å². The van der Waals surface area contributed by atoms with Crippen molar-refractivity contribution >= 4 is 7.85 Å². The SMILES string of the molecule is [B]C1(C)CCCC(N(C(C)C)C2(CC)COC2)C1CC. The number of ether oxygens (including phenoxy) is 1. The van der Waals surface area contributed by atoms with E-state index in [1.54, 1.807) is 0 Å². The smallest absolute Gasteiger partial charge is 0.0747 e. The maximum atomic E-state index is 6.65. The fraction of sp³-hybridized carbons (Fsp3) is 1.00. The van der Waals surface area contributed by atoms with Crippen LogP contribution in [-0.2, 0) is 4.74 Å². The summed E-state index contributed by atoms with van der Waals surface area (Å²) in [5, 5.41) is -0.00958. The van der Waals surface area contributed by atoms with Gasteiger partial charge in [-0.15, -0.1) is 0 Å². The molecule has 3 unspecified atom stereocenters. The lowest BCUT2D eigenvalue weighted by atomic mass is 9.53. The quantitative estimate of drug-likeness (QED) is 0.709. The summed E-state index contributed by atoms with van der Waals surface area (Å²) < 4.78 is 5.60. The molecule has 2 aliphatic rings. The molecular weight excluding hydrogens is 245 g/mol. The number of hydrogen-bond acceptors (Lipinski definition) is 2.